The normalized spacial score (nSPS) is 39.5. The van der Waals surface area contributed by atoms with Crippen LogP contribution in [0.3, 0.4) is 0 Å². The van der Waals surface area contributed by atoms with Crippen LogP contribution in [0, 0.1) is 11.8 Å². The highest BCUT2D eigenvalue weighted by Crippen LogP contribution is 2.57. The molecule has 1 aliphatic heterocycles. The predicted octanol–water partition coefficient (Wildman–Crippen LogP) is 1.42. The third-order valence-corrected chi connectivity index (χ3v) is 3.62. The fourth-order valence-corrected chi connectivity index (χ4v) is 3.03. The minimum atomic E-state index is -0.0451. The van der Waals surface area contributed by atoms with Crippen LogP contribution in [0.4, 0.5) is 0 Å². The van der Waals surface area contributed by atoms with Gasteiger partial charge in [-0.05, 0) is 11.8 Å². The highest BCUT2D eigenvalue weighted by molar-refractivity contribution is 8.04. The van der Waals surface area contributed by atoms with E-state index in [1.54, 1.807) is 11.8 Å². The fourth-order valence-electron chi connectivity index (χ4n) is 1.61. The molecule has 11 heavy (non-hydrogen) atoms. The van der Waals surface area contributed by atoms with Crippen LogP contribution in [0.2, 0.25) is 0 Å². The minimum absolute atomic E-state index is 0.0451. The lowest BCUT2D eigenvalue weighted by Gasteiger charge is -1.98. The second-order valence-electron chi connectivity index (χ2n) is 2.99. The van der Waals surface area contributed by atoms with E-state index in [4.69, 9.17) is 0 Å². The predicted molar refractivity (Wildman–Crippen MR) is 44.1 cm³/mol. The molecule has 2 rings (SSSR count). The number of carbonyl (C=O) groups is 1. The minimum Gasteiger partial charge on any atom is -0.469 e. The Bertz CT molecular complexity index is 234. The van der Waals surface area contributed by atoms with Crippen molar-refractivity contribution in [2.24, 2.45) is 11.8 Å². The molecular formula is C8H10O2S. The Morgan fingerprint density at radius 2 is 2.45 bits per heavy atom. The molecule has 0 spiro atoms. The summed E-state index contributed by atoms with van der Waals surface area (Å²) >= 11 is 1.81. The molecule has 0 bridgehead atoms. The van der Waals surface area contributed by atoms with Crippen molar-refractivity contribution in [1.29, 1.82) is 0 Å². The summed E-state index contributed by atoms with van der Waals surface area (Å²) < 4.78 is 4.66. The quantitative estimate of drug-likeness (QED) is 0.557. The molecule has 60 valence electrons. The smallest absolute Gasteiger partial charge is 0.310 e. The molecular weight excluding hydrogens is 160 g/mol. The highest BCUT2D eigenvalue weighted by Gasteiger charge is 2.57. The molecule has 0 saturated heterocycles. The van der Waals surface area contributed by atoms with Crippen LogP contribution >= 0.6 is 11.8 Å². The Morgan fingerprint density at radius 3 is 2.91 bits per heavy atom. The number of hydrogen-bond acceptors (Lipinski definition) is 3. The van der Waals surface area contributed by atoms with Gasteiger partial charge in [-0.1, -0.05) is 6.08 Å². The van der Waals surface area contributed by atoms with Crippen LogP contribution in [0.5, 0.6) is 0 Å². The second-order valence-corrected chi connectivity index (χ2v) is 4.41. The lowest BCUT2D eigenvalue weighted by molar-refractivity contribution is -0.142. The van der Waals surface area contributed by atoms with Gasteiger partial charge in [0.25, 0.3) is 0 Å². The fraction of sp³-hybridized carbons (Fsp3) is 0.625. The van der Waals surface area contributed by atoms with Gasteiger partial charge < -0.3 is 4.74 Å². The van der Waals surface area contributed by atoms with Crippen LogP contribution in [-0.2, 0) is 9.53 Å². The van der Waals surface area contributed by atoms with E-state index in [2.05, 4.69) is 17.7 Å². The number of rotatable bonds is 1. The average molecular weight is 170 g/mol. The molecule has 0 amide bonds. The zero-order valence-electron chi connectivity index (χ0n) is 6.53. The molecule has 0 aromatic rings. The lowest BCUT2D eigenvalue weighted by Crippen LogP contribution is -2.06. The first-order valence-corrected chi connectivity index (χ1v) is 4.55. The van der Waals surface area contributed by atoms with Gasteiger partial charge in [-0.25, -0.2) is 0 Å². The van der Waals surface area contributed by atoms with Crippen LogP contribution in [-0.4, -0.2) is 18.3 Å². The van der Waals surface area contributed by atoms with Gasteiger partial charge in [-0.15, -0.1) is 11.8 Å². The van der Waals surface area contributed by atoms with Crippen molar-refractivity contribution in [3.05, 3.63) is 11.0 Å². The van der Waals surface area contributed by atoms with Crippen LogP contribution in [0.25, 0.3) is 0 Å². The first kappa shape index (κ1) is 7.22. The summed E-state index contributed by atoms with van der Waals surface area (Å²) in [6, 6.07) is 0. The summed E-state index contributed by atoms with van der Waals surface area (Å²) in [6.45, 7) is 2.09. The summed E-state index contributed by atoms with van der Waals surface area (Å²) in [5.41, 5.74) is 0. The first-order valence-electron chi connectivity index (χ1n) is 3.67. The molecule has 2 nitrogen and oxygen atoms in total. The van der Waals surface area contributed by atoms with Crippen molar-refractivity contribution < 1.29 is 9.53 Å². The van der Waals surface area contributed by atoms with Crippen molar-refractivity contribution in [2.75, 3.05) is 7.11 Å². The molecule has 1 aliphatic carbocycles. The molecule has 0 radical (unpaired) electrons. The largest absolute Gasteiger partial charge is 0.469 e. The maximum atomic E-state index is 11.0. The van der Waals surface area contributed by atoms with Crippen LogP contribution < -0.4 is 0 Å². The Hall–Kier alpha value is -0.440. The second kappa shape index (κ2) is 2.27. The number of fused-ring (bicyclic) bond motifs is 1. The molecule has 1 heterocycles. The monoisotopic (exact) mass is 170 g/mol. The molecule has 2 aliphatic rings. The van der Waals surface area contributed by atoms with Gasteiger partial charge in [-0.3, -0.25) is 4.79 Å². The number of hydrogen-bond donors (Lipinski definition) is 0. The topological polar surface area (TPSA) is 26.3 Å². The SMILES string of the molecule is COC(=O)C1C2C=C(C)SC21. The first-order chi connectivity index (χ1) is 5.24. The van der Waals surface area contributed by atoms with Crippen molar-refractivity contribution in [2.45, 2.75) is 12.2 Å². The maximum absolute atomic E-state index is 11.0. The van der Waals surface area contributed by atoms with Gasteiger partial charge in [0.15, 0.2) is 0 Å². The van der Waals surface area contributed by atoms with E-state index in [0.29, 0.717) is 11.2 Å². The van der Waals surface area contributed by atoms with Gasteiger partial charge in [0.1, 0.15) is 0 Å². The van der Waals surface area contributed by atoms with Gasteiger partial charge >= 0.3 is 5.97 Å². The Balaban J connectivity index is 2.02. The van der Waals surface area contributed by atoms with Crippen molar-refractivity contribution in [3.63, 3.8) is 0 Å². The highest BCUT2D eigenvalue weighted by atomic mass is 32.2. The summed E-state index contributed by atoms with van der Waals surface area (Å²) in [4.78, 5) is 12.4. The van der Waals surface area contributed by atoms with Gasteiger partial charge in [0, 0.05) is 11.2 Å². The number of thioether (sulfide) groups is 1. The molecule has 0 aromatic heterocycles. The number of ether oxygens (including phenoxy) is 1. The van der Waals surface area contributed by atoms with E-state index >= 15 is 0 Å². The van der Waals surface area contributed by atoms with E-state index in [0.717, 1.165) is 0 Å². The summed E-state index contributed by atoms with van der Waals surface area (Å²) in [6.07, 6.45) is 2.18. The van der Waals surface area contributed by atoms with E-state index in [1.807, 2.05) is 0 Å². The van der Waals surface area contributed by atoms with E-state index in [-0.39, 0.29) is 11.9 Å². The summed E-state index contributed by atoms with van der Waals surface area (Å²) in [5, 5.41) is 0.502. The van der Waals surface area contributed by atoms with Crippen molar-refractivity contribution in [1.82, 2.24) is 0 Å². The number of allylic oxidation sites excluding steroid dienone is 2. The summed E-state index contributed by atoms with van der Waals surface area (Å²) in [5.74, 6) is 0.595. The lowest BCUT2D eigenvalue weighted by atomic mass is 10.3. The van der Waals surface area contributed by atoms with Crippen molar-refractivity contribution in [3.8, 4) is 0 Å². The Labute approximate surface area is 70.0 Å². The third-order valence-electron chi connectivity index (χ3n) is 2.23. The Kier molecular flexibility index (Phi) is 1.49. The zero-order chi connectivity index (χ0) is 8.01. The van der Waals surface area contributed by atoms with Crippen LogP contribution in [0.1, 0.15) is 6.92 Å². The molecule has 1 fully saturated rings. The number of methoxy groups -OCH3 is 1. The molecule has 3 atom stereocenters. The number of carbonyl (C=O) groups excluding carboxylic acids is 1. The van der Waals surface area contributed by atoms with E-state index in [9.17, 15) is 4.79 Å². The van der Waals surface area contributed by atoms with Crippen LogP contribution in [0.15, 0.2) is 11.0 Å². The van der Waals surface area contributed by atoms with Crippen molar-refractivity contribution >= 4 is 17.7 Å². The number of esters is 1. The standard InChI is InChI=1S/C8H10O2S/c1-4-3-5-6(7(5)11-4)8(9)10-2/h3,5-7H,1-2H3. The average Bonchev–Trinajstić information content (AvgIpc) is 2.48. The van der Waals surface area contributed by atoms with Gasteiger partial charge in [0.2, 0.25) is 0 Å². The summed E-state index contributed by atoms with van der Waals surface area (Å²) in [7, 11) is 1.46. The maximum Gasteiger partial charge on any atom is 0.310 e. The molecule has 1 saturated carbocycles. The zero-order valence-corrected chi connectivity index (χ0v) is 7.35. The Morgan fingerprint density at radius 1 is 1.73 bits per heavy atom. The van der Waals surface area contributed by atoms with E-state index in [1.165, 1.54) is 12.0 Å². The van der Waals surface area contributed by atoms with Gasteiger partial charge in [0.05, 0.1) is 13.0 Å². The third kappa shape index (κ3) is 0.984. The molecule has 3 heteroatoms. The van der Waals surface area contributed by atoms with Gasteiger partial charge in [-0.2, -0.15) is 0 Å². The van der Waals surface area contributed by atoms with E-state index < -0.39 is 0 Å². The molecule has 0 N–H and O–H groups in total. The molecule has 3 unspecified atom stereocenters. The molecule has 0 aromatic carbocycles.